The van der Waals surface area contributed by atoms with Gasteiger partial charge in [-0.1, -0.05) is 92.6 Å². The Labute approximate surface area is 580 Å². The fraction of sp³-hybridized carbons (Fsp3) is 0.585. The van der Waals surface area contributed by atoms with Crippen molar-refractivity contribution in [3.8, 4) is 17.2 Å². The highest BCUT2D eigenvalue weighted by Crippen LogP contribution is 2.33. The molecule has 8 N–H and O–H groups in total. The highest BCUT2D eigenvalue weighted by molar-refractivity contribution is 6.33. The van der Waals surface area contributed by atoms with E-state index in [0.717, 1.165) is 68.9 Å². The van der Waals surface area contributed by atoms with E-state index in [4.69, 9.17) is 99.5 Å². The lowest BCUT2D eigenvalue weighted by Crippen LogP contribution is -2.42. The summed E-state index contributed by atoms with van der Waals surface area (Å²) in [5.74, 6) is 6.93. The first-order chi connectivity index (χ1) is 45.0. The van der Waals surface area contributed by atoms with Crippen molar-refractivity contribution in [1.82, 2.24) is 60.0 Å². The number of likely N-dealkylation sites (tertiary alicyclic amines) is 2. The largest absolute Gasteiger partial charge is 0.495 e. The van der Waals surface area contributed by atoms with Crippen molar-refractivity contribution < 1.29 is 14.2 Å². The molecule has 0 bridgehead atoms. The molecule has 3 aromatic carbocycles. The Morgan fingerprint density at radius 2 is 0.796 bits per heavy atom. The van der Waals surface area contributed by atoms with Crippen LogP contribution in [0.25, 0.3) is 0 Å². The summed E-state index contributed by atoms with van der Waals surface area (Å²) in [5.41, 5.74) is 7.73. The number of rotatable bonds is 19. The highest BCUT2D eigenvalue weighted by atomic mass is 35.5. The van der Waals surface area contributed by atoms with Gasteiger partial charge >= 0.3 is 0 Å². The molecule has 0 unspecified atom stereocenters. The Morgan fingerprint density at radius 3 is 1.17 bits per heavy atom. The Kier molecular flexibility index (Phi) is 32.3. The molecule has 22 nitrogen and oxygen atoms in total. The van der Waals surface area contributed by atoms with E-state index in [1.807, 2.05) is 24.3 Å². The standard InChI is InChI=1S/C24H36ClN7O.C17H21Cl2N5O.C10H7Cl3N4O.C7H16N2.C7H15N/c1-31-13-11-19(12-14-31)32(2)24-29-22(26-16-17-7-5-4-6-8-17)28-23(30-24)27-18-9-10-21(33-3)20(25)15-18;1-25-14-8-7-12(9-13(14)18)21-17-23-15(19)22-16(24-17)20-10-11-5-3-2-4-6-11;1-18-7-3-2-5(4-6(7)11)14-10-16-8(12)15-9(13)17-10;1-8-7-3-5-9(2)6-4-7;8-6-7-4-2-1-3-5-7/h9-10,15,17,19H,4-8,11-14,16H2,1-3H3,(H2,26,27,28,29,30);7-9,11H,2-6,10H2,1H3,(H2,20,21,22,23,24);2-4H,1H3,(H,14,15,16,17);7-8H,3-6H2,1-2H3;7H,1-6,8H2. The maximum Gasteiger partial charge on any atom is 0.233 e. The van der Waals surface area contributed by atoms with Gasteiger partial charge in [0.05, 0.1) is 36.4 Å². The van der Waals surface area contributed by atoms with E-state index in [0.29, 0.717) is 85.6 Å². The van der Waals surface area contributed by atoms with Gasteiger partial charge in [-0.3, -0.25) is 0 Å². The van der Waals surface area contributed by atoms with Crippen molar-refractivity contribution >= 4 is 122 Å². The van der Waals surface area contributed by atoms with Crippen LogP contribution in [0.1, 0.15) is 122 Å². The second-order valence-corrected chi connectivity index (χ2v) is 26.4. The molecule has 11 rings (SSSR count). The van der Waals surface area contributed by atoms with Gasteiger partial charge in [0.25, 0.3) is 0 Å². The van der Waals surface area contributed by atoms with Gasteiger partial charge in [-0.15, -0.1) is 0 Å². The average Bonchev–Trinajstić information content (AvgIpc) is 1.75. The number of methoxy groups -OCH3 is 3. The van der Waals surface area contributed by atoms with Crippen LogP contribution in [0, 0.1) is 17.8 Å². The van der Waals surface area contributed by atoms with Crippen LogP contribution in [-0.4, -0.2) is 162 Å². The summed E-state index contributed by atoms with van der Waals surface area (Å²) in [7, 11) is 13.2. The van der Waals surface area contributed by atoms with E-state index in [9.17, 15) is 0 Å². The molecule has 2 saturated heterocycles. The lowest BCUT2D eigenvalue weighted by Gasteiger charge is -2.35. The summed E-state index contributed by atoms with van der Waals surface area (Å²) in [6.45, 7) is 7.35. The number of benzene rings is 3. The third-order valence-corrected chi connectivity index (χ3v) is 18.7. The summed E-state index contributed by atoms with van der Waals surface area (Å²) in [6, 6.07) is 17.3. The van der Waals surface area contributed by atoms with Gasteiger partial charge in [0.15, 0.2) is 0 Å². The summed E-state index contributed by atoms with van der Waals surface area (Å²) in [4.78, 5) is 45.2. The minimum atomic E-state index is 0.0112. The number of ether oxygens (including phenoxy) is 3. The molecule has 0 radical (unpaired) electrons. The SMILES string of the molecule is CNC1CCN(C)CC1.COc1ccc(Nc2nc(Cl)nc(Cl)n2)cc1Cl.COc1ccc(Nc2nc(Cl)nc(NCC3CCCCC3)n2)cc1Cl.COc1ccc(Nc2nc(NCC3CCCCC3)nc(N(C)C3CCN(C)CC3)n2)cc1Cl.NCC1CCCCC1. The first-order valence-corrected chi connectivity index (χ1v) is 34.8. The van der Waals surface area contributed by atoms with Crippen LogP contribution in [0.15, 0.2) is 54.6 Å². The fourth-order valence-corrected chi connectivity index (χ4v) is 13.0. The molecule has 28 heteroatoms. The number of hydrogen-bond acceptors (Lipinski definition) is 22. The van der Waals surface area contributed by atoms with E-state index >= 15 is 0 Å². The predicted octanol–water partition coefficient (Wildman–Crippen LogP) is 15.1. The molecule has 510 valence electrons. The van der Waals surface area contributed by atoms with Gasteiger partial charge in [-0.05, 0) is 225 Å². The highest BCUT2D eigenvalue weighted by Gasteiger charge is 2.25. The van der Waals surface area contributed by atoms with E-state index in [1.54, 1.807) is 51.7 Å². The average molecular weight is 1400 g/mol. The van der Waals surface area contributed by atoms with E-state index in [2.05, 4.69) is 110 Å². The van der Waals surface area contributed by atoms with Crippen LogP contribution in [0.5, 0.6) is 17.2 Å². The quantitative estimate of drug-likeness (QED) is 0.0398. The summed E-state index contributed by atoms with van der Waals surface area (Å²) in [5, 5.41) is 21.0. The van der Waals surface area contributed by atoms with Crippen molar-refractivity contribution in [2.45, 2.75) is 134 Å². The molecule has 5 aliphatic rings. The van der Waals surface area contributed by atoms with Crippen molar-refractivity contribution in [2.24, 2.45) is 23.5 Å². The molecular formula is C65H95Cl6N19O3. The van der Waals surface area contributed by atoms with Gasteiger partial charge in [-0.2, -0.15) is 44.9 Å². The third kappa shape index (κ3) is 26.2. The minimum Gasteiger partial charge on any atom is -0.495 e. The predicted molar refractivity (Wildman–Crippen MR) is 383 cm³/mol. The lowest BCUT2D eigenvalue weighted by atomic mass is 9.89. The van der Waals surface area contributed by atoms with Crippen molar-refractivity contribution in [3.05, 3.63) is 85.5 Å². The Hall–Kier alpha value is -5.53. The number of nitrogens with one attached hydrogen (secondary N) is 6. The van der Waals surface area contributed by atoms with E-state index < -0.39 is 0 Å². The lowest BCUT2D eigenvalue weighted by molar-refractivity contribution is 0.240. The van der Waals surface area contributed by atoms with Gasteiger partial charge < -0.3 is 66.5 Å². The summed E-state index contributed by atoms with van der Waals surface area (Å²) < 4.78 is 15.5. The molecule has 3 aromatic heterocycles. The monoisotopic (exact) mass is 1400 g/mol. The van der Waals surface area contributed by atoms with E-state index in [1.165, 1.54) is 122 Å². The normalized spacial score (nSPS) is 16.9. The fourth-order valence-electron chi connectivity index (χ4n) is 11.7. The zero-order valence-electron chi connectivity index (χ0n) is 54.9. The Morgan fingerprint density at radius 1 is 0.452 bits per heavy atom. The number of halogens is 6. The van der Waals surface area contributed by atoms with Crippen LogP contribution in [0.3, 0.4) is 0 Å². The number of nitrogens with two attached hydrogens (primary N) is 1. The number of hydrogen-bond donors (Lipinski definition) is 7. The summed E-state index contributed by atoms with van der Waals surface area (Å²) >= 11 is 35.8. The summed E-state index contributed by atoms with van der Waals surface area (Å²) in [6.07, 6.45) is 24.9. The van der Waals surface area contributed by atoms with Crippen molar-refractivity contribution in [1.29, 1.82) is 0 Å². The van der Waals surface area contributed by atoms with Gasteiger partial charge in [-0.25, -0.2) is 0 Å². The molecule has 0 atom stereocenters. The molecule has 5 heterocycles. The van der Waals surface area contributed by atoms with Crippen molar-refractivity contribution in [3.63, 3.8) is 0 Å². The molecule has 2 aliphatic heterocycles. The van der Waals surface area contributed by atoms with Crippen LogP contribution in [-0.2, 0) is 0 Å². The first-order valence-electron chi connectivity index (χ1n) is 32.5. The third-order valence-electron chi connectivity index (χ3n) is 17.3. The van der Waals surface area contributed by atoms with Gasteiger partial charge in [0.1, 0.15) is 17.2 Å². The molecule has 93 heavy (non-hydrogen) atoms. The number of anilines is 9. The van der Waals surface area contributed by atoms with Gasteiger partial charge in [0.2, 0.25) is 51.5 Å². The first kappa shape index (κ1) is 74.9. The molecular weight excluding hydrogens is 1310 g/mol. The molecule has 3 saturated carbocycles. The molecule has 6 aromatic rings. The smallest absolute Gasteiger partial charge is 0.233 e. The van der Waals surface area contributed by atoms with Crippen LogP contribution >= 0.6 is 69.6 Å². The second-order valence-electron chi connectivity index (χ2n) is 24.2. The maximum atomic E-state index is 6.32. The van der Waals surface area contributed by atoms with Crippen LogP contribution < -0.4 is 56.7 Å². The second kappa shape index (κ2) is 40.1. The Balaban J connectivity index is 0.000000180. The van der Waals surface area contributed by atoms with Crippen LogP contribution in [0.4, 0.5) is 52.8 Å². The maximum absolute atomic E-state index is 6.32. The van der Waals surface area contributed by atoms with Crippen LogP contribution in [0.2, 0.25) is 30.9 Å². The number of aromatic nitrogens is 9. The molecule has 3 aliphatic carbocycles. The van der Waals surface area contributed by atoms with Crippen molar-refractivity contribution in [2.75, 3.05) is 127 Å². The van der Waals surface area contributed by atoms with Gasteiger partial charge in [0, 0.05) is 49.3 Å². The Bertz CT molecular complexity index is 3150. The molecule has 5 fully saturated rings. The zero-order valence-corrected chi connectivity index (χ0v) is 59.4. The number of piperidine rings is 2. The minimum absolute atomic E-state index is 0.0112. The topological polar surface area (TPSA) is 252 Å². The zero-order chi connectivity index (χ0) is 66.5. The number of nitrogens with zero attached hydrogens (tertiary/aromatic N) is 12. The molecule has 0 amide bonds. The molecule has 0 spiro atoms. The van der Waals surface area contributed by atoms with E-state index in [-0.39, 0.29) is 21.8 Å².